The van der Waals surface area contributed by atoms with Crippen molar-refractivity contribution in [2.45, 2.75) is 30.3 Å². The summed E-state index contributed by atoms with van der Waals surface area (Å²) in [6, 6.07) is 18.6. The maximum Gasteiger partial charge on any atom is 0.243 e. The van der Waals surface area contributed by atoms with Crippen LogP contribution in [0.4, 0.5) is 10.1 Å². The normalized spacial score (nSPS) is 22.8. The van der Waals surface area contributed by atoms with E-state index in [2.05, 4.69) is 5.32 Å². The van der Waals surface area contributed by atoms with Crippen molar-refractivity contribution in [3.05, 3.63) is 83.7 Å². The molecule has 2 aliphatic rings. The van der Waals surface area contributed by atoms with Crippen molar-refractivity contribution < 1.29 is 17.9 Å². The fourth-order valence-electron chi connectivity index (χ4n) is 5.08. The summed E-state index contributed by atoms with van der Waals surface area (Å²) in [5.41, 5.74) is 4.18. The van der Waals surface area contributed by atoms with Gasteiger partial charge in [-0.3, -0.25) is 0 Å². The third-order valence-corrected chi connectivity index (χ3v) is 8.72. The molecule has 3 aromatic carbocycles. The average molecular weight is 453 g/mol. The highest BCUT2D eigenvalue weighted by Crippen LogP contribution is 2.49. The molecule has 2 heterocycles. The highest BCUT2D eigenvalue weighted by Gasteiger charge is 2.48. The molecule has 5 rings (SSSR count). The van der Waals surface area contributed by atoms with Gasteiger partial charge in [0.15, 0.2) is 0 Å². The van der Waals surface area contributed by atoms with Crippen molar-refractivity contribution in [3.63, 3.8) is 0 Å². The number of aliphatic hydroxyl groups is 1. The Morgan fingerprint density at radius 3 is 2.50 bits per heavy atom. The first-order valence-electron chi connectivity index (χ1n) is 10.7. The molecule has 0 spiro atoms. The smallest absolute Gasteiger partial charge is 0.243 e. The van der Waals surface area contributed by atoms with Crippen molar-refractivity contribution in [1.82, 2.24) is 4.31 Å². The minimum Gasteiger partial charge on any atom is -0.394 e. The molecule has 0 aromatic heterocycles. The van der Waals surface area contributed by atoms with E-state index in [1.54, 1.807) is 41.6 Å². The van der Waals surface area contributed by atoms with Gasteiger partial charge in [0, 0.05) is 18.2 Å². The van der Waals surface area contributed by atoms with Crippen molar-refractivity contribution in [3.8, 4) is 11.1 Å². The van der Waals surface area contributed by atoms with Crippen LogP contribution in [0.3, 0.4) is 0 Å². The molecule has 3 atom stereocenters. The second-order valence-electron chi connectivity index (χ2n) is 8.52. The van der Waals surface area contributed by atoms with Crippen LogP contribution in [0.2, 0.25) is 0 Å². The van der Waals surface area contributed by atoms with Crippen LogP contribution in [0.25, 0.3) is 11.1 Å². The number of hydrogen-bond acceptors (Lipinski definition) is 4. The minimum atomic E-state index is -3.72. The molecule has 0 bridgehead atoms. The first-order chi connectivity index (χ1) is 15.4. The predicted octanol–water partition coefficient (Wildman–Crippen LogP) is 4.34. The number of nitrogens with one attached hydrogen (secondary N) is 1. The Kier molecular flexibility index (Phi) is 5.28. The van der Waals surface area contributed by atoms with E-state index in [4.69, 9.17) is 0 Å². The maximum atomic E-state index is 13.7. The van der Waals surface area contributed by atoms with Crippen molar-refractivity contribution in [1.29, 1.82) is 0 Å². The molecule has 2 N–H and O–H groups in total. The van der Waals surface area contributed by atoms with Crippen molar-refractivity contribution in [2.75, 3.05) is 18.5 Å². The summed E-state index contributed by atoms with van der Waals surface area (Å²) in [6.45, 7) is 2.13. The molecular weight excluding hydrogens is 427 g/mol. The van der Waals surface area contributed by atoms with E-state index in [0.717, 1.165) is 22.4 Å². The molecule has 3 aromatic rings. The molecule has 2 aliphatic heterocycles. The highest BCUT2D eigenvalue weighted by atomic mass is 32.2. The largest absolute Gasteiger partial charge is 0.394 e. The van der Waals surface area contributed by atoms with Gasteiger partial charge in [-0.1, -0.05) is 36.4 Å². The molecule has 0 amide bonds. The Morgan fingerprint density at radius 1 is 1.06 bits per heavy atom. The van der Waals surface area contributed by atoms with Crippen molar-refractivity contribution in [2.24, 2.45) is 5.92 Å². The lowest BCUT2D eigenvalue weighted by atomic mass is 9.82. The monoisotopic (exact) mass is 452 g/mol. The van der Waals surface area contributed by atoms with Gasteiger partial charge in [0.05, 0.1) is 23.6 Å². The Hall–Kier alpha value is -2.74. The summed E-state index contributed by atoms with van der Waals surface area (Å²) < 4.78 is 42.4. The first kappa shape index (κ1) is 21.1. The van der Waals surface area contributed by atoms with E-state index in [1.165, 1.54) is 12.1 Å². The number of hydrogen-bond donors (Lipinski definition) is 2. The zero-order valence-corrected chi connectivity index (χ0v) is 18.5. The lowest BCUT2D eigenvalue weighted by Crippen LogP contribution is -2.42. The standard InChI is InChI=1S/C25H25FN2O3S/c1-16-4-2-3-5-24(16)32(30,31)28-13-12-20-23(15-29)27-22-11-8-18(14-21(22)25(20)28)17-6-9-19(26)10-7-17/h2-11,14,20,23,25,27,29H,12-13,15H2,1H3/t20-,23-,25-/m1/s1. The molecule has 1 saturated heterocycles. The van der Waals surface area contributed by atoms with Crippen LogP contribution >= 0.6 is 0 Å². The number of nitrogens with zero attached hydrogens (tertiary/aromatic N) is 1. The number of benzene rings is 3. The van der Waals surface area contributed by atoms with E-state index >= 15 is 0 Å². The van der Waals surface area contributed by atoms with Crippen LogP contribution in [0.1, 0.15) is 23.6 Å². The van der Waals surface area contributed by atoms with Crippen LogP contribution in [0.5, 0.6) is 0 Å². The fraction of sp³-hybridized carbons (Fsp3) is 0.280. The molecule has 32 heavy (non-hydrogen) atoms. The summed E-state index contributed by atoms with van der Waals surface area (Å²) in [4.78, 5) is 0.316. The van der Waals surface area contributed by atoms with E-state index in [0.29, 0.717) is 23.4 Å². The molecule has 1 fully saturated rings. The predicted molar refractivity (Wildman–Crippen MR) is 122 cm³/mol. The molecule has 0 aliphatic carbocycles. The van der Waals surface area contributed by atoms with Gasteiger partial charge in [0.25, 0.3) is 0 Å². The van der Waals surface area contributed by atoms with Gasteiger partial charge >= 0.3 is 0 Å². The molecule has 7 heteroatoms. The molecule has 0 saturated carbocycles. The quantitative estimate of drug-likeness (QED) is 0.618. The summed E-state index contributed by atoms with van der Waals surface area (Å²) >= 11 is 0. The molecule has 0 radical (unpaired) electrons. The summed E-state index contributed by atoms with van der Waals surface area (Å²) in [5.74, 6) is -0.347. The van der Waals surface area contributed by atoms with Gasteiger partial charge in [-0.25, -0.2) is 12.8 Å². The van der Waals surface area contributed by atoms with Crippen LogP contribution in [0, 0.1) is 18.7 Å². The van der Waals surface area contributed by atoms with Crippen LogP contribution in [0.15, 0.2) is 71.6 Å². The van der Waals surface area contributed by atoms with Crippen molar-refractivity contribution >= 4 is 15.7 Å². The molecule has 5 nitrogen and oxygen atoms in total. The molecule has 0 unspecified atom stereocenters. The number of anilines is 1. The second kappa shape index (κ2) is 7.99. The Bertz CT molecular complexity index is 1260. The number of halogens is 1. The van der Waals surface area contributed by atoms with E-state index in [-0.39, 0.29) is 30.4 Å². The van der Waals surface area contributed by atoms with Gasteiger partial charge in [-0.15, -0.1) is 0 Å². The fourth-order valence-corrected chi connectivity index (χ4v) is 6.98. The van der Waals surface area contributed by atoms with E-state index < -0.39 is 10.0 Å². The van der Waals surface area contributed by atoms with Gasteiger partial charge < -0.3 is 10.4 Å². The van der Waals surface area contributed by atoms with E-state index in [1.807, 2.05) is 24.3 Å². The topological polar surface area (TPSA) is 69.6 Å². The summed E-state index contributed by atoms with van der Waals surface area (Å²) in [7, 11) is -3.72. The number of fused-ring (bicyclic) bond motifs is 3. The zero-order chi connectivity index (χ0) is 22.5. The van der Waals surface area contributed by atoms with Gasteiger partial charge in [-0.05, 0) is 65.9 Å². The lowest BCUT2D eigenvalue weighted by Gasteiger charge is -2.39. The minimum absolute atomic E-state index is 0.0465. The van der Waals surface area contributed by atoms with Gasteiger partial charge in [0.2, 0.25) is 10.0 Å². The molecule has 166 valence electrons. The second-order valence-corrected chi connectivity index (χ2v) is 10.4. The SMILES string of the molecule is Cc1ccccc1S(=O)(=O)N1CC[C@@H]2[C@@H](CO)Nc3ccc(-c4ccc(F)cc4)cc3[C@@H]21. The third-order valence-electron chi connectivity index (χ3n) is 6.68. The van der Waals surface area contributed by atoms with Crippen LogP contribution in [-0.4, -0.2) is 37.0 Å². The Labute approximate surface area is 187 Å². The third kappa shape index (κ3) is 3.41. The highest BCUT2D eigenvalue weighted by molar-refractivity contribution is 7.89. The summed E-state index contributed by atoms with van der Waals surface area (Å²) in [5, 5.41) is 13.4. The number of aliphatic hydroxyl groups excluding tert-OH is 1. The average Bonchev–Trinajstić information content (AvgIpc) is 3.25. The Balaban J connectivity index is 1.62. The number of aryl methyl sites for hydroxylation is 1. The first-order valence-corrected chi connectivity index (χ1v) is 12.2. The number of rotatable bonds is 4. The van der Waals surface area contributed by atoms with E-state index in [9.17, 15) is 17.9 Å². The van der Waals surface area contributed by atoms with Gasteiger partial charge in [0.1, 0.15) is 5.82 Å². The summed E-state index contributed by atoms with van der Waals surface area (Å²) in [6.07, 6.45) is 0.661. The molecular formula is C25H25FN2O3S. The lowest BCUT2D eigenvalue weighted by molar-refractivity contribution is 0.210. The zero-order valence-electron chi connectivity index (χ0n) is 17.7. The Morgan fingerprint density at radius 2 is 1.78 bits per heavy atom. The van der Waals surface area contributed by atoms with Crippen LogP contribution < -0.4 is 5.32 Å². The maximum absolute atomic E-state index is 13.7. The number of sulfonamides is 1. The van der Waals surface area contributed by atoms with Gasteiger partial charge in [-0.2, -0.15) is 4.31 Å². The van der Waals surface area contributed by atoms with Crippen LogP contribution in [-0.2, 0) is 10.0 Å².